The zero-order valence-corrected chi connectivity index (χ0v) is 18.8. The molecule has 0 radical (unpaired) electrons. The summed E-state index contributed by atoms with van der Waals surface area (Å²) in [6.45, 7) is 2.23. The van der Waals surface area contributed by atoms with Crippen LogP contribution in [0, 0.1) is 0 Å². The molecular weight excluding hydrogens is 428 g/mol. The Morgan fingerprint density at radius 2 is 2.00 bits per heavy atom. The SMILES string of the molecule is O=S(=O)(N(CCc1ncc[nH]1)C1CCC1)N1CCN(c2ncnc3[nH]ccc23)CC12CC2. The number of hydrogen-bond acceptors (Lipinski definition) is 6. The minimum Gasteiger partial charge on any atom is -0.353 e. The number of piperazine rings is 1. The summed E-state index contributed by atoms with van der Waals surface area (Å²) < 4.78 is 31.4. The van der Waals surface area contributed by atoms with Gasteiger partial charge in [-0.25, -0.2) is 15.0 Å². The van der Waals surface area contributed by atoms with Crippen molar-refractivity contribution in [1.29, 1.82) is 0 Å². The molecule has 3 aromatic heterocycles. The maximum Gasteiger partial charge on any atom is 0.282 e. The van der Waals surface area contributed by atoms with Crippen LogP contribution in [0.4, 0.5) is 5.82 Å². The van der Waals surface area contributed by atoms with Gasteiger partial charge in [0, 0.05) is 57.2 Å². The van der Waals surface area contributed by atoms with Gasteiger partial charge in [0.1, 0.15) is 23.6 Å². The number of nitrogens with zero attached hydrogens (tertiary/aromatic N) is 6. The lowest BCUT2D eigenvalue weighted by atomic mass is 9.93. The molecule has 0 aromatic carbocycles. The smallest absolute Gasteiger partial charge is 0.282 e. The molecule has 11 heteroatoms. The maximum absolute atomic E-state index is 13.9. The Bertz CT molecular complexity index is 1200. The van der Waals surface area contributed by atoms with Gasteiger partial charge < -0.3 is 14.9 Å². The molecular formula is C21H28N8O2S. The average molecular weight is 457 g/mol. The zero-order valence-electron chi connectivity index (χ0n) is 17.9. The standard InChI is InChI=1S/C21H28N8O2S/c30-32(31,28(16-2-1-3-16)11-5-18-22-9-10-23-18)29-13-12-27(14-21(29)6-7-21)20-17-4-8-24-19(17)25-15-26-20/h4,8-10,15-16H,1-3,5-7,11-14H2,(H,22,23)(H,24,25,26). The molecule has 2 aliphatic carbocycles. The Morgan fingerprint density at radius 3 is 2.72 bits per heavy atom. The van der Waals surface area contributed by atoms with Gasteiger partial charge in [-0.05, 0) is 31.7 Å². The molecule has 0 atom stereocenters. The molecule has 3 aromatic rings. The number of hydrogen-bond donors (Lipinski definition) is 2. The summed E-state index contributed by atoms with van der Waals surface area (Å²) >= 11 is 0. The van der Waals surface area contributed by atoms with Gasteiger partial charge in [0.2, 0.25) is 0 Å². The summed E-state index contributed by atoms with van der Waals surface area (Å²) in [5, 5.41) is 0.981. The van der Waals surface area contributed by atoms with Crippen molar-refractivity contribution in [2.45, 2.75) is 50.1 Å². The van der Waals surface area contributed by atoms with E-state index < -0.39 is 10.2 Å². The first-order chi connectivity index (χ1) is 15.6. The molecule has 1 saturated heterocycles. The Hall–Kier alpha value is -2.50. The largest absolute Gasteiger partial charge is 0.353 e. The predicted molar refractivity (Wildman–Crippen MR) is 120 cm³/mol. The van der Waals surface area contributed by atoms with Crippen LogP contribution in [0.3, 0.4) is 0 Å². The Kier molecular flexibility index (Phi) is 4.74. The number of imidazole rings is 1. The maximum atomic E-state index is 13.9. The molecule has 170 valence electrons. The lowest BCUT2D eigenvalue weighted by molar-refractivity contribution is 0.184. The fourth-order valence-corrected chi connectivity index (χ4v) is 7.31. The predicted octanol–water partition coefficient (Wildman–Crippen LogP) is 1.68. The highest BCUT2D eigenvalue weighted by Crippen LogP contribution is 2.48. The van der Waals surface area contributed by atoms with Crippen LogP contribution in [-0.4, -0.2) is 79.7 Å². The molecule has 2 saturated carbocycles. The van der Waals surface area contributed by atoms with Crippen LogP contribution < -0.4 is 4.90 Å². The minimum absolute atomic E-state index is 0.102. The van der Waals surface area contributed by atoms with Crippen LogP contribution in [0.2, 0.25) is 0 Å². The highest BCUT2D eigenvalue weighted by Gasteiger charge is 2.57. The van der Waals surface area contributed by atoms with Crippen molar-refractivity contribution in [2.24, 2.45) is 0 Å². The van der Waals surface area contributed by atoms with E-state index in [0.717, 1.165) is 54.8 Å². The lowest BCUT2D eigenvalue weighted by Crippen LogP contribution is -2.62. The number of aromatic amines is 2. The zero-order chi connectivity index (χ0) is 21.8. The lowest BCUT2D eigenvalue weighted by Gasteiger charge is -2.46. The molecule has 32 heavy (non-hydrogen) atoms. The van der Waals surface area contributed by atoms with Crippen LogP contribution in [0.15, 0.2) is 31.0 Å². The van der Waals surface area contributed by atoms with E-state index in [9.17, 15) is 8.42 Å². The van der Waals surface area contributed by atoms with Gasteiger partial charge in [-0.2, -0.15) is 17.0 Å². The molecule has 0 unspecified atom stereocenters. The van der Waals surface area contributed by atoms with E-state index in [0.29, 0.717) is 32.6 Å². The number of rotatable bonds is 7. The van der Waals surface area contributed by atoms with E-state index in [2.05, 4.69) is 29.8 Å². The molecule has 4 heterocycles. The van der Waals surface area contributed by atoms with Gasteiger partial charge in [0.05, 0.1) is 10.9 Å². The summed E-state index contributed by atoms with van der Waals surface area (Å²) in [6, 6.07) is 2.09. The average Bonchev–Trinajstić information content (AvgIpc) is 3.17. The third-order valence-corrected chi connectivity index (χ3v) is 9.43. The van der Waals surface area contributed by atoms with E-state index in [4.69, 9.17) is 0 Å². The Balaban J connectivity index is 1.25. The summed E-state index contributed by atoms with van der Waals surface area (Å²) in [5.74, 6) is 1.71. The molecule has 2 N–H and O–H groups in total. The topological polar surface area (TPSA) is 114 Å². The first kappa shape index (κ1) is 20.1. The Morgan fingerprint density at radius 1 is 1.12 bits per heavy atom. The summed E-state index contributed by atoms with van der Waals surface area (Å²) in [6.07, 6.45) is 12.3. The molecule has 6 rings (SSSR count). The monoisotopic (exact) mass is 456 g/mol. The van der Waals surface area contributed by atoms with Crippen LogP contribution >= 0.6 is 0 Å². The van der Waals surface area contributed by atoms with Crippen molar-refractivity contribution in [3.05, 3.63) is 36.8 Å². The number of H-pyrrole nitrogens is 2. The second kappa shape index (κ2) is 7.53. The van der Waals surface area contributed by atoms with Crippen LogP contribution in [0.1, 0.15) is 37.9 Å². The van der Waals surface area contributed by atoms with Gasteiger partial charge in [-0.15, -0.1) is 0 Å². The second-order valence-corrected chi connectivity index (χ2v) is 10.9. The van der Waals surface area contributed by atoms with Gasteiger partial charge in [0.25, 0.3) is 10.2 Å². The Labute approximate surface area is 187 Å². The van der Waals surface area contributed by atoms with Crippen molar-refractivity contribution >= 4 is 27.1 Å². The summed E-state index contributed by atoms with van der Waals surface area (Å²) in [7, 11) is -3.56. The molecule has 1 aliphatic heterocycles. The first-order valence-electron chi connectivity index (χ1n) is 11.4. The minimum atomic E-state index is -3.56. The van der Waals surface area contributed by atoms with Gasteiger partial charge in [0.15, 0.2) is 0 Å². The third-order valence-electron chi connectivity index (χ3n) is 7.23. The number of anilines is 1. The quantitative estimate of drug-likeness (QED) is 0.559. The van der Waals surface area contributed by atoms with Gasteiger partial charge >= 0.3 is 0 Å². The van der Waals surface area contributed by atoms with Crippen molar-refractivity contribution in [1.82, 2.24) is 33.5 Å². The highest BCUT2D eigenvalue weighted by molar-refractivity contribution is 7.86. The van der Waals surface area contributed by atoms with E-state index in [1.165, 1.54) is 0 Å². The number of aromatic nitrogens is 5. The number of nitrogens with one attached hydrogen (secondary N) is 2. The summed E-state index contributed by atoms with van der Waals surface area (Å²) in [5.41, 5.74) is 0.473. The normalized spacial score (nSPS) is 21.5. The molecule has 3 aliphatic rings. The highest BCUT2D eigenvalue weighted by atomic mass is 32.2. The number of fused-ring (bicyclic) bond motifs is 1. The van der Waals surface area contributed by atoms with Crippen molar-refractivity contribution in [3.63, 3.8) is 0 Å². The van der Waals surface area contributed by atoms with Gasteiger partial charge in [-0.1, -0.05) is 6.42 Å². The van der Waals surface area contributed by atoms with E-state index in [-0.39, 0.29) is 11.6 Å². The van der Waals surface area contributed by atoms with Crippen LogP contribution in [0.5, 0.6) is 0 Å². The van der Waals surface area contributed by atoms with Gasteiger partial charge in [-0.3, -0.25) is 0 Å². The van der Waals surface area contributed by atoms with Crippen LogP contribution in [0.25, 0.3) is 11.0 Å². The van der Waals surface area contributed by atoms with Crippen molar-refractivity contribution < 1.29 is 8.42 Å². The molecule has 3 fully saturated rings. The fourth-order valence-electron chi connectivity index (χ4n) is 5.10. The molecule has 1 spiro atoms. The molecule has 0 amide bonds. The second-order valence-electron chi connectivity index (χ2n) is 9.14. The van der Waals surface area contributed by atoms with Crippen molar-refractivity contribution in [3.8, 4) is 0 Å². The molecule has 0 bridgehead atoms. The molecule has 10 nitrogen and oxygen atoms in total. The van der Waals surface area contributed by atoms with Crippen LogP contribution in [-0.2, 0) is 16.6 Å². The van der Waals surface area contributed by atoms with E-state index in [1.807, 2.05) is 12.3 Å². The summed E-state index contributed by atoms with van der Waals surface area (Å²) in [4.78, 5) is 21.6. The van der Waals surface area contributed by atoms with Crippen molar-refractivity contribution in [2.75, 3.05) is 31.1 Å². The fraction of sp³-hybridized carbons (Fsp3) is 0.571. The van der Waals surface area contributed by atoms with E-state index >= 15 is 0 Å². The van der Waals surface area contributed by atoms with E-state index in [1.54, 1.807) is 27.3 Å². The first-order valence-corrected chi connectivity index (χ1v) is 12.8. The third kappa shape index (κ3) is 3.30.